The number of rotatable bonds is 3. The summed E-state index contributed by atoms with van der Waals surface area (Å²) in [6.45, 7) is 5.22. The van der Waals surface area contributed by atoms with Crippen LogP contribution in [0.3, 0.4) is 0 Å². The number of carboxylic acid groups (broad SMARTS) is 1. The van der Waals surface area contributed by atoms with Crippen LogP contribution in [-0.4, -0.2) is 22.8 Å². The molecule has 1 amide bonds. The first kappa shape index (κ1) is 16.3. The Bertz CT molecular complexity index is 526. The number of carbonyl (C=O) groups is 2. The molecule has 0 saturated carbocycles. The van der Waals surface area contributed by atoms with E-state index in [-0.39, 0.29) is 5.02 Å². The fourth-order valence-corrected chi connectivity index (χ4v) is 1.62. The number of nitrogens with two attached hydrogens (primary N) is 1. The van der Waals surface area contributed by atoms with Crippen LogP contribution in [-0.2, 0) is 9.53 Å². The summed E-state index contributed by atoms with van der Waals surface area (Å²) < 4.78 is 5.09. The molecule has 0 aliphatic rings. The minimum Gasteiger partial charge on any atom is -0.480 e. The van der Waals surface area contributed by atoms with E-state index in [4.69, 9.17) is 27.2 Å². The van der Waals surface area contributed by atoms with E-state index in [2.05, 4.69) is 5.32 Å². The number of aliphatic carboxylic acids is 1. The van der Waals surface area contributed by atoms with Gasteiger partial charge in [-0.2, -0.15) is 0 Å². The van der Waals surface area contributed by atoms with Crippen molar-refractivity contribution in [3.63, 3.8) is 0 Å². The molecule has 0 fully saturated rings. The number of carbonyl (C=O) groups excluding carboxylic acids is 1. The highest BCUT2D eigenvalue weighted by molar-refractivity contribution is 6.33. The highest BCUT2D eigenvalue weighted by atomic mass is 35.5. The molecule has 1 aromatic rings. The molecule has 1 rings (SSSR count). The molecule has 0 saturated heterocycles. The molecule has 0 aliphatic carbocycles. The highest BCUT2D eigenvalue weighted by Gasteiger charge is 2.19. The van der Waals surface area contributed by atoms with E-state index >= 15 is 0 Å². The minimum atomic E-state index is -1.16. The lowest BCUT2D eigenvalue weighted by atomic mass is 10.1. The van der Waals surface area contributed by atoms with E-state index in [0.29, 0.717) is 11.3 Å². The van der Waals surface area contributed by atoms with Crippen LogP contribution in [0.15, 0.2) is 18.2 Å². The molecule has 0 radical (unpaired) electrons. The fourth-order valence-electron chi connectivity index (χ4n) is 1.38. The van der Waals surface area contributed by atoms with Crippen molar-refractivity contribution in [1.29, 1.82) is 0 Å². The molecular weight excluding hydrogens is 284 g/mol. The zero-order valence-corrected chi connectivity index (χ0v) is 12.2. The summed E-state index contributed by atoms with van der Waals surface area (Å²) in [5.41, 5.74) is 5.51. The summed E-state index contributed by atoms with van der Waals surface area (Å²) in [4.78, 5) is 22.4. The van der Waals surface area contributed by atoms with E-state index in [1.807, 2.05) is 0 Å². The lowest BCUT2D eigenvalue weighted by Gasteiger charge is -2.20. The molecule has 0 aliphatic heterocycles. The van der Waals surface area contributed by atoms with Gasteiger partial charge in [0.1, 0.15) is 11.6 Å². The van der Waals surface area contributed by atoms with Crippen molar-refractivity contribution >= 4 is 29.4 Å². The second-order valence-electron chi connectivity index (χ2n) is 5.18. The van der Waals surface area contributed by atoms with E-state index in [1.54, 1.807) is 20.8 Å². The van der Waals surface area contributed by atoms with E-state index < -0.39 is 23.7 Å². The van der Waals surface area contributed by atoms with Crippen molar-refractivity contribution in [2.75, 3.05) is 5.32 Å². The fraction of sp³-hybridized carbons (Fsp3) is 0.385. The highest BCUT2D eigenvalue weighted by Crippen LogP contribution is 2.26. The van der Waals surface area contributed by atoms with E-state index in [0.717, 1.165) is 0 Å². The van der Waals surface area contributed by atoms with E-state index in [9.17, 15) is 9.59 Å². The summed E-state index contributed by atoms with van der Waals surface area (Å²) in [5, 5.41) is 11.5. The van der Waals surface area contributed by atoms with Crippen LogP contribution in [0.25, 0.3) is 0 Å². The van der Waals surface area contributed by atoms with Gasteiger partial charge in [-0.15, -0.1) is 0 Å². The van der Waals surface area contributed by atoms with Crippen LogP contribution in [0.2, 0.25) is 5.02 Å². The summed E-state index contributed by atoms with van der Waals surface area (Å²) in [6.07, 6.45) is -0.644. The van der Waals surface area contributed by atoms with Gasteiger partial charge in [0.15, 0.2) is 0 Å². The first-order valence-electron chi connectivity index (χ1n) is 5.88. The van der Waals surface area contributed by atoms with Crippen molar-refractivity contribution < 1.29 is 19.4 Å². The molecule has 7 heteroatoms. The number of amides is 1. The largest absolute Gasteiger partial charge is 0.480 e. The van der Waals surface area contributed by atoms with Gasteiger partial charge in [-0.3, -0.25) is 10.1 Å². The first-order chi connectivity index (χ1) is 9.10. The van der Waals surface area contributed by atoms with Crippen molar-refractivity contribution in [3.05, 3.63) is 28.8 Å². The Morgan fingerprint density at radius 3 is 2.45 bits per heavy atom. The van der Waals surface area contributed by atoms with Crippen molar-refractivity contribution in [2.24, 2.45) is 5.73 Å². The molecule has 1 unspecified atom stereocenters. The van der Waals surface area contributed by atoms with Crippen molar-refractivity contribution in [2.45, 2.75) is 32.4 Å². The lowest BCUT2D eigenvalue weighted by Crippen LogP contribution is -2.27. The number of ether oxygens (including phenoxy) is 1. The summed E-state index contributed by atoms with van der Waals surface area (Å²) in [6, 6.07) is 3.19. The van der Waals surface area contributed by atoms with Crippen LogP contribution >= 0.6 is 11.6 Å². The number of nitrogens with one attached hydrogen (secondary N) is 1. The lowest BCUT2D eigenvalue weighted by molar-refractivity contribution is -0.138. The Balaban J connectivity index is 2.84. The molecule has 0 spiro atoms. The van der Waals surface area contributed by atoms with Gasteiger partial charge in [-0.1, -0.05) is 17.7 Å². The number of carboxylic acids is 1. The maximum atomic E-state index is 11.6. The van der Waals surface area contributed by atoms with Crippen LogP contribution in [0.4, 0.5) is 10.5 Å². The van der Waals surface area contributed by atoms with Crippen LogP contribution in [0.5, 0.6) is 0 Å². The van der Waals surface area contributed by atoms with Gasteiger partial charge in [-0.05, 0) is 38.5 Å². The monoisotopic (exact) mass is 300 g/mol. The van der Waals surface area contributed by atoms with Crippen LogP contribution < -0.4 is 11.1 Å². The molecule has 1 atom stereocenters. The molecule has 0 bridgehead atoms. The predicted molar refractivity (Wildman–Crippen MR) is 75.9 cm³/mol. The third-order valence-corrected chi connectivity index (χ3v) is 2.57. The number of hydrogen-bond donors (Lipinski definition) is 3. The minimum absolute atomic E-state index is 0.185. The second-order valence-corrected chi connectivity index (χ2v) is 5.59. The average molecular weight is 301 g/mol. The van der Waals surface area contributed by atoms with Crippen molar-refractivity contribution in [1.82, 2.24) is 0 Å². The van der Waals surface area contributed by atoms with Gasteiger partial charge in [0.25, 0.3) is 0 Å². The van der Waals surface area contributed by atoms with Gasteiger partial charge in [0.05, 0.1) is 10.7 Å². The Morgan fingerprint density at radius 1 is 1.40 bits per heavy atom. The van der Waals surface area contributed by atoms with E-state index in [1.165, 1.54) is 18.2 Å². The van der Waals surface area contributed by atoms with Gasteiger partial charge in [0, 0.05) is 0 Å². The van der Waals surface area contributed by atoms with Gasteiger partial charge >= 0.3 is 12.1 Å². The normalized spacial score (nSPS) is 12.7. The predicted octanol–water partition coefficient (Wildman–Crippen LogP) is 2.77. The Kier molecular flexibility index (Phi) is 4.97. The third kappa shape index (κ3) is 4.71. The van der Waals surface area contributed by atoms with Gasteiger partial charge < -0.3 is 15.6 Å². The Hall–Kier alpha value is -1.79. The SMILES string of the molecule is CC(C)(C)OC(=O)Nc1ccc(C(N)C(=O)O)cc1Cl. The number of benzene rings is 1. The average Bonchev–Trinajstić information content (AvgIpc) is 2.28. The second kappa shape index (κ2) is 6.11. The summed E-state index contributed by atoms with van der Waals surface area (Å²) >= 11 is 5.97. The maximum absolute atomic E-state index is 11.6. The standard InChI is InChI=1S/C13H17ClN2O4/c1-13(2,3)20-12(19)16-9-5-4-7(6-8(9)14)10(15)11(17)18/h4-6,10H,15H2,1-3H3,(H,16,19)(H,17,18). The molecular formula is C13H17ClN2O4. The van der Waals surface area contributed by atoms with Gasteiger partial charge in [-0.25, -0.2) is 4.79 Å². The summed E-state index contributed by atoms with van der Waals surface area (Å²) in [5.74, 6) is -1.16. The smallest absolute Gasteiger partial charge is 0.412 e. The van der Waals surface area contributed by atoms with Gasteiger partial charge in [0.2, 0.25) is 0 Å². The quantitative estimate of drug-likeness (QED) is 0.796. The number of halogens is 1. The maximum Gasteiger partial charge on any atom is 0.412 e. The molecule has 0 heterocycles. The molecule has 0 aromatic heterocycles. The Labute approximate surface area is 121 Å². The third-order valence-electron chi connectivity index (χ3n) is 2.25. The van der Waals surface area contributed by atoms with Crippen LogP contribution in [0.1, 0.15) is 32.4 Å². The molecule has 20 heavy (non-hydrogen) atoms. The summed E-state index contributed by atoms with van der Waals surface area (Å²) in [7, 11) is 0. The molecule has 1 aromatic carbocycles. The topological polar surface area (TPSA) is 102 Å². The van der Waals surface area contributed by atoms with Crippen LogP contribution in [0, 0.1) is 0 Å². The molecule has 110 valence electrons. The number of anilines is 1. The zero-order valence-electron chi connectivity index (χ0n) is 11.4. The van der Waals surface area contributed by atoms with Crippen molar-refractivity contribution in [3.8, 4) is 0 Å². The zero-order chi connectivity index (χ0) is 15.5. The molecule has 4 N–H and O–H groups in total. The Morgan fingerprint density at radius 2 is 2.00 bits per heavy atom. The number of hydrogen-bond acceptors (Lipinski definition) is 4. The molecule has 6 nitrogen and oxygen atoms in total. The first-order valence-corrected chi connectivity index (χ1v) is 6.26.